The van der Waals surface area contributed by atoms with Crippen LogP contribution in [0.1, 0.15) is 13.3 Å². The minimum Gasteiger partial charge on any atom is -0.493 e. The Morgan fingerprint density at radius 2 is 1.83 bits per heavy atom. The molecule has 0 unspecified atom stereocenters. The Labute approximate surface area is 133 Å². The fourth-order valence-corrected chi connectivity index (χ4v) is 1.99. The predicted molar refractivity (Wildman–Crippen MR) is 82.7 cm³/mol. The molecule has 23 heavy (non-hydrogen) atoms. The number of rotatable bonds is 6. The zero-order chi connectivity index (χ0) is 16.8. The summed E-state index contributed by atoms with van der Waals surface area (Å²) in [4.78, 5) is 12.3. The number of anilines is 1. The number of nitrogens with one attached hydrogen (secondary N) is 1. The van der Waals surface area contributed by atoms with Gasteiger partial charge in [-0.2, -0.15) is 0 Å². The number of hydrogen-bond acceptors (Lipinski definition) is 3. The molecule has 0 radical (unpaired) electrons. The van der Waals surface area contributed by atoms with Crippen LogP contribution in [0, 0.1) is 11.6 Å². The Balaban J connectivity index is 2.10. The largest absolute Gasteiger partial charge is 0.493 e. The highest BCUT2D eigenvalue weighted by Crippen LogP contribution is 2.27. The molecule has 0 bridgehead atoms. The lowest BCUT2D eigenvalue weighted by Gasteiger charge is -2.18. The first-order valence-corrected chi connectivity index (χ1v) is 7.10. The molecule has 6 heteroatoms. The maximum absolute atomic E-state index is 13.2. The van der Waals surface area contributed by atoms with Gasteiger partial charge in [0, 0.05) is 11.8 Å². The number of ether oxygens (including phenoxy) is 2. The molecule has 2 aromatic carbocycles. The van der Waals surface area contributed by atoms with Crippen LogP contribution in [0.4, 0.5) is 14.5 Å². The lowest BCUT2D eigenvalue weighted by Crippen LogP contribution is -2.32. The maximum Gasteiger partial charge on any atom is 0.265 e. The van der Waals surface area contributed by atoms with Crippen molar-refractivity contribution in [3.8, 4) is 11.5 Å². The van der Waals surface area contributed by atoms with E-state index in [-0.39, 0.29) is 5.69 Å². The summed E-state index contributed by atoms with van der Waals surface area (Å²) in [6.45, 7) is 1.78. The van der Waals surface area contributed by atoms with Crippen LogP contribution in [0.5, 0.6) is 11.5 Å². The molecule has 4 nitrogen and oxygen atoms in total. The van der Waals surface area contributed by atoms with Gasteiger partial charge in [-0.1, -0.05) is 19.1 Å². The second kappa shape index (κ2) is 7.58. The number of benzene rings is 2. The van der Waals surface area contributed by atoms with Crippen LogP contribution in [0.2, 0.25) is 0 Å². The van der Waals surface area contributed by atoms with E-state index in [1.54, 1.807) is 31.2 Å². The number of carbonyl (C=O) groups excluding carboxylic acids is 1. The molecule has 1 N–H and O–H groups in total. The minimum atomic E-state index is -1.03. The lowest BCUT2D eigenvalue weighted by molar-refractivity contribution is -0.122. The van der Waals surface area contributed by atoms with E-state index in [0.717, 1.165) is 12.1 Å². The molecule has 0 aliphatic heterocycles. The third-order valence-corrected chi connectivity index (χ3v) is 3.19. The molecule has 2 aromatic rings. The van der Waals surface area contributed by atoms with Gasteiger partial charge < -0.3 is 14.8 Å². The van der Waals surface area contributed by atoms with Crippen molar-refractivity contribution in [3.63, 3.8) is 0 Å². The number of halogens is 2. The van der Waals surface area contributed by atoms with Crippen molar-refractivity contribution < 1.29 is 23.0 Å². The molecular weight excluding hydrogens is 304 g/mol. The van der Waals surface area contributed by atoms with E-state index in [1.807, 2.05) is 0 Å². The van der Waals surface area contributed by atoms with E-state index in [0.29, 0.717) is 17.9 Å². The average molecular weight is 321 g/mol. The monoisotopic (exact) mass is 321 g/mol. The first kappa shape index (κ1) is 16.7. The number of methoxy groups -OCH3 is 1. The van der Waals surface area contributed by atoms with E-state index in [2.05, 4.69) is 5.32 Å². The highest BCUT2D eigenvalue weighted by molar-refractivity contribution is 5.94. The van der Waals surface area contributed by atoms with Crippen molar-refractivity contribution >= 4 is 11.6 Å². The zero-order valence-corrected chi connectivity index (χ0v) is 12.8. The van der Waals surface area contributed by atoms with Gasteiger partial charge in [-0.15, -0.1) is 0 Å². The fourth-order valence-electron chi connectivity index (χ4n) is 1.99. The summed E-state index contributed by atoms with van der Waals surface area (Å²) in [5.41, 5.74) is 0.163. The molecule has 1 amide bonds. The van der Waals surface area contributed by atoms with Crippen LogP contribution in [-0.4, -0.2) is 19.1 Å². The predicted octanol–water partition coefficient (Wildman–Crippen LogP) is 3.77. The van der Waals surface area contributed by atoms with Gasteiger partial charge in [0.15, 0.2) is 29.2 Å². The van der Waals surface area contributed by atoms with Crippen LogP contribution in [0.15, 0.2) is 42.5 Å². The van der Waals surface area contributed by atoms with E-state index in [9.17, 15) is 13.6 Å². The standard InChI is InChI=1S/C17H17F2NO3/c1-3-14(23-16-7-5-4-6-15(16)22-2)17(21)20-11-8-9-12(18)13(19)10-11/h4-10,14H,3H2,1-2H3,(H,20,21)/t14-/m1/s1. The van der Waals surface area contributed by atoms with E-state index >= 15 is 0 Å². The molecule has 0 aromatic heterocycles. The first-order valence-electron chi connectivity index (χ1n) is 7.10. The highest BCUT2D eigenvalue weighted by atomic mass is 19.2. The van der Waals surface area contributed by atoms with E-state index < -0.39 is 23.6 Å². The Morgan fingerprint density at radius 1 is 1.13 bits per heavy atom. The van der Waals surface area contributed by atoms with Crippen LogP contribution >= 0.6 is 0 Å². The molecule has 0 fully saturated rings. The third kappa shape index (κ3) is 4.18. The van der Waals surface area contributed by atoms with Crippen LogP contribution in [0.25, 0.3) is 0 Å². The van der Waals surface area contributed by atoms with Crippen LogP contribution in [-0.2, 0) is 4.79 Å². The van der Waals surface area contributed by atoms with Gasteiger partial charge in [-0.25, -0.2) is 8.78 Å². The molecule has 1 atom stereocenters. The summed E-state index contributed by atoms with van der Waals surface area (Å²) in [6.07, 6.45) is -0.396. The molecule has 0 saturated carbocycles. The van der Waals surface area contributed by atoms with Gasteiger partial charge in [-0.3, -0.25) is 4.79 Å². The molecule has 0 spiro atoms. The fraction of sp³-hybridized carbons (Fsp3) is 0.235. The first-order chi connectivity index (χ1) is 11.0. The van der Waals surface area contributed by atoms with Crippen molar-refractivity contribution in [2.24, 2.45) is 0 Å². The topological polar surface area (TPSA) is 47.6 Å². The van der Waals surface area contributed by atoms with E-state index in [4.69, 9.17) is 9.47 Å². The summed E-state index contributed by atoms with van der Waals surface area (Å²) in [5, 5.41) is 2.51. The summed E-state index contributed by atoms with van der Waals surface area (Å²) >= 11 is 0. The van der Waals surface area contributed by atoms with Gasteiger partial charge in [0.05, 0.1) is 7.11 Å². The Hall–Kier alpha value is -2.63. The van der Waals surface area contributed by atoms with Crippen molar-refractivity contribution in [2.75, 3.05) is 12.4 Å². The van der Waals surface area contributed by atoms with Crippen molar-refractivity contribution in [1.82, 2.24) is 0 Å². The maximum atomic E-state index is 13.2. The molecule has 122 valence electrons. The van der Waals surface area contributed by atoms with Crippen LogP contribution in [0.3, 0.4) is 0 Å². The van der Waals surface area contributed by atoms with Crippen molar-refractivity contribution in [1.29, 1.82) is 0 Å². The van der Waals surface area contributed by atoms with Gasteiger partial charge in [0.2, 0.25) is 0 Å². The number of para-hydroxylation sites is 2. The molecule has 2 rings (SSSR count). The normalized spacial score (nSPS) is 11.7. The SMILES string of the molecule is CC[C@@H](Oc1ccccc1OC)C(=O)Nc1ccc(F)c(F)c1. The molecule has 0 heterocycles. The van der Waals surface area contributed by atoms with Gasteiger partial charge in [0.1, 0.15) is 0 Å². The Morgan fingerprint density at radius 3 is 2.43 bits per heavy atom. The summed E-state index contributed by atoms with van der Waals surface area (Å²) < 4.78 is 36.9. The molecule has 0 saturated heterocycles. The van der Waals surface area contributed by atoms with Crippen molar-refractivity contribution in [3.05, 3.63) is 54.1 Å². The minimum absolute atomic E-state index is 0.163. The summed E-state index contributed by atoms with van der Waals surface area (Å²) in [5.74, 6) is -1.51. The summed E-state index contributed by atoms with van der Waals surface area (Å²) in [6, 6.07) is 10.1. The quantitative estimate of drug-likeness (QED) is 0.881. The third-order valence-electron chi connectivity index (χ3n) is 3.19. The highest BCUT2D eigenvalue weighted by Gasteiger charge is 2.20. The molecule has 0 aliphatic rings. The summed E-state index contributed by atoms with van der Waals surface area (Å²) in [7, 11) is 1.50. The second-order valence-corrected chi connectivity index (χ2v) is 4.78. The number of hydrogen-bond donors (Lipinski definition) is 1. The van der Waals surface area contributed by atoms with Crippen LogP contribution < -0.4 is 14.8 Å². The van der Waals surface area contributed by atoms with E-state index in [1.165, 1.54) is 13.2 Å². The molecule has 0 aliphatic carbocycles. The Bertz CT molecular complexity index is 691. The van der Waals surface area contributed by atoms with Crippen molar-refractivity contribution in [2.45, 2.75) is 19.4 Å². The average Bonchev–Trinajstić information content (AvgIpc) is 2.56. The number of amides is 1. The lowest BCUT2D eigenvalue weighted by atomic mass is 10.2. The Kier molecular flexibility index (Phi) is 5.51. The van der Waals surface area contributed by atoms with Gasteiger partial charge >= 0.3 is 0 Å². The molecular formula is C17H17F2NO3. The smallest absolute Gasteiger partial charge is 0.265 e. The second-order valence-electron chi connectivity index (χ2n) is 4.78. The number of carbonyl (C=O) groups is 1. The van der Waals surface area contributed by atoms with Gasteiger partial charge in [0.25, 0.3) is 5.91 Å². The van der Waals surface area contributed by atoms with Gasteiger partial charge in [-0.05, 0) is 30.7 Å². The zero-order valence-electron chi connectivity index (χ0n) is 12.8.